The zero-order valence-corrected chi connectivity index (χ0v) is 11.6. The van der Waals surface area contributed by atoms with Crippen LogP contribution in [0.15, 0.2) is 29.2 Å². The van der Waals surface area contributed by atoms with Crippen molar-refractivity contribution < 1.29 is 13.2 Å². The Morgan fingerprint density at radius 1 is 1.32 bits per heavy atom. The zero-order valence-electron chi connectivity index (χ0n) is 10.8. The molecule has 0 radical (unpaired) electrons. The van der Waals surface area contributed by atoms with Gasteiger partial charge in [0, 0.05) is 6.54 Å². The number of benzene rings is 1. The maximum atomic E-state index is 12.1. The Kier molecular flexibility index (Phi) is 4.51. The zero-order chi connectivity index (χ0) is 14.7. The van der Waals surface area contributed by atoms with Crippen LogP contribution in [0.25, 0.3) is 0 Å². The summed E-state index contributed by atoms with van der Waals surface area (Å²) in [6.07, 6.45) is 0. The van der Waals surface area contributed by atoms with Crippen LogP contribution in [0.3, 0.4) is 0 Å². The lowest BCUT2D eigenvalue weighted by atomic mass is 9.93. The van der Waals surface area contributed by atoms with E-state index < -0.39 is 21.3 Å². The standard InChI is InChI=1S/C11H18N4O3S/c1-11(2,10(12)16)7-14-19(17,18)9-6-4-3-5-8(9)15-13/h3-6,14-15H,7,13H2,1-2H3,(H2,12,16). The van der Waals surface area contributed by atoms with Gasteiger partial charge in [0.2, 0.25) is 15.9 Å². The van der Waals surface area contributed by atoms with E-state index in [4.69, 9.17) is 11.6 Å². The van der Waals surface area contributed by atoms with Gasteiger partial charge in [0.05, 0.1) is 11.1 Å². The topological polar surface area (TPSA) is 127 Å². The number of hydrogen-bond acceptors (Lipinski definition) is 5. The quantitative estimate of drug-likeness (QED) is 0.424. The highest BCUT2D eigenvalue weighted by molar-refractivity contribution is 7.89. The number of carbonyl (C=O) groups is 1. The number of sulfonamides is 1. The van der Waals surface area contributed by atoms with Crippen LogP contribution >= 0.6 is 0 Å². The van der Waals surface area contributed by atoms with E-state index in [0.717, 1.165) is 0 Å². The molecule has 0 aliphatic rings. The van der Waals surface area contributed by atoms with E-state index in [-0.39, 0.29) is 17.1 Å². The Morgan fingerprint density at radius 2 is 1.89 bits per heavy atom. The molecule has 0 fully saturated rings. The van der Waals surface area contributed by atoms with E-state index in [9.17, 15) is 13.2 Å². The molecule has 106 valence electrons. The second kappa shape index (κ2) is 5.55. The fraction of sp³-hybridized carbons (Fsp3) is 0.364. The first-order valence-corrected chi connectivity index (χ1v) is 7.04. The van der Waals surface area contributed by atoms with Gasteiger partial charge in [-0.05, 0) is 26.0 Å². The Hall–Kier alpha value is -1.64. The highest BCUT2D eigenvalue weighted by Gasteiger charge is 2.28. The molecule has 1 aromatic carbocycles. The minimum Gasteiger partial charge on any atom is -0.369 e. The maximum Gasteiger partial charge on any atom is 0.242 e. The van der Waals surface area contributed by atoms with Crippen molar-refractivity contribution in [2.75, 3.05) is 12.0 Å². The summed E-state index contributed by atoms with van der Waals surface area (Å²) in [6.45, 7) is 3.03. The van der Waals surface area contributed by atoms with E-state index in [0.29, 0.717) is 0 Å². The van der Waals surface area contributed by atoms with Crippen molar-refractivity contribution in [3.63, 3.8) is 0 Å². The molecule has 0 aromatic heterocycles. The molecule has 1 amide bonds. The fourth-order valence-corrected chi connectivity index (χ4v) is 2.64. The molecule has 0 spiro atoms. The first-order valence-electron chi connectivity index (χ1n) is 5.56. The van der Waals surface area contributed by atoms with Crippen LogP contribution < -0.4 is 21.7 Å². The third kappa shape index (κ3) is 3.66. The van der Waals surface area contributed by atoms with E-state index in [2.05, 4.69) is 10.1 Å². The predicted molar refractivity (Wildman–Crippen MR) is 72.4 cm³/mol. The number of hydrazine groups is 1. The number of nitrogens with one attached hydrogen (secondary N) is 2. The molecule has 1 rings (SSSR count). The number of para-hydroxylation sites is 1. The van der Waals surface area contributed by atoms with Crippen molar-refractivity contribution in [1.29, 1.82) is 0 Å². The number of amides is 1. The Morgan fingerprint density at radius 3 is 2.42 bits per heavy atom. The largest absolute Gasteiger partial charge is 0.369 e. The number of rotatable bonds is 6. The van der Waals surface area contributed by atoms with E-state index in [1.807, 2.05) is 0 Å². The lowest BCUT2D eigenvalue weighted by Crippen LogP contribution is -2.42. The monoisotopic (exact) mass is 286 g/mol. The van der Waals surface area contributed by atoms with Gasteiger partial charge in [0.1, 0.15) is 4.90 Å². The summed E-state index contributed by atoms with van der Waals surface area (Å²) in [5, 5.41) is 0. The molecule has 0 aliphatic carbocycles. The van der Waals surface area contributed by atoms with Crippen LogP contribution in [-0.2, 0) is 14.8 Å². The molecular formula is C11H18N4O3S. The van der Waals surface area contributed by atoms with Crippen LogP contribution in [0.4, 0.5) is 5.69 Å². The molecule has 0 aliphatic heterocycles. The van der Waals surface area contributed by atoms with E-state index in [1.54, 1.807) is 26.0 Å². The van der Waals surface area contributed by atoms with E-state index >= 15 is 0 Å². The van der Waals surface area contributed by atoms with Gasteiger partial charge in [-0.1, -0.05) is 12.1 Å². The summed E-state index contributed by atoms with van der Waals surface area (Å²) >= 11 is 0. The van der Waals surface area contributed by atoms with Crippen LogP contribution in [0.2, 0.25) is 0 Å². The summed E-state index contributed by atoms with van der Waals surface area (Å²) < 4.78 is 26.6. The Labute approximate surface area is 112 Å². The molecular weight excluding hydrogens is 268 g/mol. The SMILES string of the molecule is CC(C)(CNS(=O)(=O)c1ccccc1NN)C(N)=O. The number of primary amides is 1. The van der Waals surface area contributed by atoms with Crippen molar-refractivity contribution in [1.82, 2.24) is 4.72 Å². The van der Waals surface area contributed by atoms with Gasteiger partial charge in [-0.3, -0.25) is 10.6 Å². The van der Waals surface area contributed by atoms with Crippen molar-refractivity contribution in [2.24, 2.45) is 17.0 Å². The Bertz CT molecular complexity index is 569. The molecule has 0 saturated carbocycles. The highest BCUT2D eigenvalue weighted by atomic mass is 32.2. The first-order chi connectivity index (χ1) is 8.70. The number of anilines is 1. The van der Waals surface area contributed by atoms with Crippen LogP contribution in [0.5, 0.6) is 0 Å². The summed E-state index contributed by atoms with van der Waals surface area (Å²) in [5.41, 5.74) is 6.80. The molecule has 0 atom stereocenters. The average molecular weight is 286 g/mol. The minimum absolute atomic E-state index is 0.0118. The van der Waals surface area contributed by atoms with Gasteiger partial charge in [0.15, 0.2) is 0 Å². The third-order valence-corrected chi connectivity index (χ3v) is 4.16. The molecule has 0 bridgehead atoms. The molecule has 0 heterocycles. The summed E-state index contributed by atoms with van der Waals surface area (Å²) in [6, 6.07) is 6.18. The normalized spacial score (nSPS) is 12.2. The minimum atomic E-state index is -3.77. The van der Waals surface area contributed by atoms with Crippen molar-refractivity contribution in [3.05, 3.63) is 24.3 Å². The molecule has 0 saturated heterocycles. The number of nitrogen functional groups attached to an aromatic ring is 1. The molecule has 0 unspecified atom stereocenters. The van der Waals surface area contributed by atoms with Crippen molar-refractivity contribution in [3.8, 4) is 0 Å². The molecule has 8 heteroatoms. The number of nitrogens with two attached hydrogens (primary N) is 2. The third-order valence-electron chi connectivity index (χ3n) is 2.70. The average Bonchev–Trinajstić information content (AvgIpc) is 2.36. The first kappa shape index (κ1) is 15.4. The van der Waals surface area contributed by atoms with Gasteiger partial charge >= 0.3 is 0 Å². The van der Waals surface area contributed by atoms with Crippen LogP contribution in [-0.4, -0.2) is 20.9 Å². The van der Waals surface area contributed by atoms with E-state index in [1.165, 1.54) is 12.1 Å². The molecule has 1 aromatic rings. The fourth-order valence-electron chi connectivity index (χ4n) is 1.26. The number of carbonyl (C=O) groups excluding carboxylic acids is 1. The lowest BCUT2D eigenvalue weighted by Gasteiger charge is -2.21. The maximum absolute atomic E-state index is 12.1. The van der Waals surface area contributed by atoms with Crippen molar-refractivity contribution in [2.45, 2.75) is 18.7 Å². The Balaban J connectivity index is 2.97. The lowest BCUT2D eigenvalue weighted by molar-refractivity contribution is -0.125. The highest BCUT2D eigenvalue weighted by Crippen LogP contribution is 2.20. The van der Waals surface area contributed by atoms with Gasteiger partial charge in [0.25, 0.3) is 0 Å². The molecule has 6 N–H and O–H groups in total. The second-order valence-electron chi connectivity index (χ2n) is 4.71. The van der Waals surface area contributed by atoms with Gasteiger partial charge in [-0.2, -0.15) is 0 Å². The van der Waals surface area contributed by atoms with Gasteiger partial charge < -0.3 is 11.2 Å². The van der Waals surface area contributed by atoms with Crippen LogP contribution in [0.1, 0.15) is 13.8 Å². The van der Waals surface area contributed by atoms with Crippen LogP contribution in [0, 0.1) is 5.41 Å². The van der Waals surface area contributed by atoms with Crippen molar-refractivity contribution >= 4 is 21.6 Å². The molecule has 19 heavy (non-hydrogen) atoms. The molecule has 7 nitrogen and oxygen atoms in total. The van der Waals surface area contributed by atoms with Gasteiger partial charge in [-0.15, -0.1) is 0 Å². The summed E-state index contributed by atoms with van der Waals surface area (Å²) in [5.74, 6) is 4.68. The van der Waals surface area contributed by atoms with Gasteiger partial charge in [-0.25, -0.2) is 13.1 Å². The number of hydrogen-bond donors (Lipinski definition) is 4. The summed E-state index contributed by atoms with van der Waals surface area (Å²) in [7, 11) is -3.77. The predicted octanol–water partition coefficient (Wildman–Crippen LogP) is -0.238. The summed E-state index contributed by atoms with van der Waals surface area (Å²) in [4.78, 5) is 11.2. The second-order valence-corrected chi connectivity index (χ2v) is 6.45. The smallest absolute Gasteiger partial charge is 0.242 e.